The van der Waals surface area contributed by atoms with E-state index in [1.165, 1.54) is 98.0 Å². The molecule has 3 fully saturated rings. The fourth-order valence-electron chi connectivity index (χ4n) is 14.3. The molecule has 418 valence electrons. The number of piperidine rings is 3. The number of nitrogens with zero attached hydrogens (tertiary/aromatic N) is 3. The highest BCUT2D eigenvalue weighted by atomic mass is 19.4. The number of allylic oxidation sites excluding steroid dienone is 1. The van der Waals surface area contributed by atoms with Crippen molar-refractivity contribution in [3.05, 3.63) is 119 Å². The van der Waals surface area contributed by atoms with Gasteiger partial charge in [0.2, 0.25) is 17.7 Å². The topological polar surface area (TPSA) is 97.0 Å². The van der Waals surface area contributed by atoms with Crippen LogP contribution in [0.1, 0.15) is 207 Å². The number of fused-ring (bicyclic) bond motifs is 6. The Labute approximate surface area is 453 Å². The van der Waals surface area contributed by atoms with E-state index in [4.69, 9.17) is 0 Å². The molecule has 3 aromatic rings. The Hall–Kier alpha value is -4.52. The number of halogens is 3. The second-order valence-corrected chi connectivity index (χ2v) is 24.6. The summed E-state index contributed by atoms with van der Waals surface area (Å²) < 4.78 is 37.0. The van der Waals surface area contributed by atoms with Gasteiger partial charge in [0.25, 0.3) is 0 Å². The van der Waals surface area contributed by atoms with Gasteiger partial charge in [0.15, 0.2) is 0 Å². The number of hydrogen-bond donors (Lipinski definition) is 3. The fraction of sp³-hybridized carbons (Fsp3) is 0.635. The van der Waals surface area contributed by atoms with Gasteiger partial charge in [-0.2, -0.15) is 13.2 Å². The molecule has 3 aromatic carbocycles. The van der Waals surface area contributed by atoms with Crippen molar-refractivity contribution in [1.82, 2.24) is 30.7 Å². The lowest BCUT2D eigenvalue weighted by Crippen LogP contribution is -2.49. The molecule has 9 rings (SSSR count). The number of carbonyl (C=O) groups excluding carboxylic acids is 3. The largest absolute Gasteiger partial charge is 0.389 e. The lowest BCUT2D eigenvalue weighted by molar-refractivity contribution is -0.136. The molecule has 1 unspecified atom stereocenters. The van der Waals surface area contributed by atoms with Crippen molar-refractivity contribution in [2.45, 2.75) is 198 Å². The van der Waals surface area contributed by atoms with Gasteiger partial charge in [-0.3, -0.25) is 14.4 Å². The molecule has 75 heavy (non-hydrogen) atoms. The monoisotopic (exact) mass is 1040 g/mol. The summed E-state index contributed by atoms with van der Waals surface area (Å²) in [4.78, 5) is 42.1. The molecule has 9 nitrogen and oxygen atoms in total. The maximum absolute atomic E-state index is 12.3. The quantitative estimate of drug-likeness (QED) is 0.124. The van der Waals surface area contributed by atoms with E-state index in [2.05, 4.69) is 126 Å². The first-order chi connectivity index (χ1) is 35.6. The number of rotatable bonds is 12. The Morgan fingerprint density at radius 3 is 1.43 bits per heavy atom. The molecule has 0 saturated carbocycles. The van der Waals surface area contributed by atoms with Crippen LogP contribution in [0.4, 0.5) is 13.2 Å². The van der Waals surface area contributed by atoms with Crippen LogP contribution in [0.25, 0.3) is 0 Å². The van der Waals surface area contributed by atoms with Crippen molar-refractivity contribution in [3.8, 4) is 0 Å². The van der Waals surface area contributed by atoms with Crippen LogP contribution < -0.4 is 16.0 Å². The van der Waals surface area contributed by atoms with Crippen molar-refractivity contribution in [1.29, 1.82) is 0 Å². The van der Waals surface area contributed by atoms with Gasteiger partial charge in [-0.1, -0.05) is 99.6 Å². The second-order valence-electron chi connectivity index (χ2n) is 24.6. The van der Waals surface area contributed by atoms with Crippen LogP contribution in [-0.2, 0) is 30.6 Å². The third-order valence-corrected chi connectivity index (χ3v) is 18.0. The predicted molar refractivity (Wildman–Crippen MR) is 304 cm³/mol. The molecule has 12 heteroatoms. The van der Waals surface area contributed by atoms with Gasteiger partial charge in [-0.15, -0.1) is 6.58 Å². The number of hydrogen-bond acceptors (Lipinski definition) is 6. The molecule has 4 atom stereocenters. The molecule has 3 aliphatic carbocycles. The molecular weight excluding hydrogens is 946 g/mol. The number of unbranched alkanes of at least 4 members (excludes halogenated alkanes) is 1. The maximum Gasteiger partial charge on any atom is 0.389 e. The van der Waals surface area contributed by atoms with Crippen molar-refractivity contribution >= 4 is 17.7 Å². The van der Waals surface area contributed by atoms with Gasteiger partial charge >= 0.3 is 6.18 Å². The van der Waals surface area contributed by atoms with Gasteiger partial charge in [0.1, 0.15) is 0 Å². The Balaban J connectivity index is 0.000000248. The number of likely N-dealkylation sites (tertiary alicyclic amines) is 3. The molecule has 3 saturated heterocycles. The number of nitrogens with one attached hydrogen (secondary N) is 3. The number of benzene rings is 3. The minimum absolute atomic E-state index is 0. The van der Waals surface area contributed by atoms with Crippen molar-refractivity contribution in [3.63, 3.8) is 0 Å². The molecule has 3 amide bonds. The fourth-order valence-corrected chi connectivity index (χ4v) is 14.3. The standard InChI is InChI=1S/C23H36N2O.C20H27F3N2O.C20H28N2O.3H2/c1-17(16-22(3,4)5)25-14-12-23(13-15-25)11-10-21(24-18(2)26)19-8-6-7-9-20(19)23;1-15(26)24-18-7-9-19(17-6-3-2-5-16(17)18)10-13-25(14-11-19)12-4-8-20(21,22)23;1-3-4-7-12-22-13-10-20(11-14-22)15-19(21-16(2)23)17-8-5-6-9-18(17)20;;;/h6-9,17,21H,10-16H2,1-5H3,(H,24,26);2-3,5-6,18H,4,7-14H2,1H3,(H,24,26);3,5-6,8-9,19H,1,4,7,10-15H2,2H3,(H,21,23);3*1H/t17?,21-;18-;19-;;;/m000.../s1. The first-order valence-electron chi connectivity index (χ1n) is 28.6. The van der Waals surface area contributed by atoms with Gasteiger partial charge < -0.3 is 30.7 Å². The summed E-state index contributed by atoms with van der Waals surface area (Å²) >= 11 is 0. The summed E-state index contributed by atoms with van der Waals surface area (Å²) in [5.41, 5.74) is 9.25. The molecule has 3 spiro atoms. The lowest BCUT2D eigenvalue weighted by atomic mass is 9.63. The number of alkyl halides is 3. The maximum atomic E-state index is 12.3. The van der Waals surface area contributed by atoms with E-state index >= 15 is 0 Å². The highest BCUT2D eigenvalue weighted by Gasteiger charge is 2.47. The minimum Gasteiger partial charge on any atom is -0.350 e. The first-order valence-corrected chi connectivity index (χ1v) is 28.6. The van der Waals surface area contributed by atoms with E-state index in [1.54, 1.807) is 20.8 Å². The van der Waals surface area contributed by atoms with E-state index < -0.39 is 12.6 Å². The Morgan fingerprint density at radius 1 is 0.613 bits per heavy atom. The van der Waals surface area contributed by atoms with Crippen LogP contribution in [0.15, 0.2) is 85.5 Å². The summed E-state index contributed by atoms with van der Waals surface area (Å²) in [6.07, 6.45) is 13.1. The smallest absolute Gasteiger partial charge is 0.350 e. The zero-order valence-corrected chi connectivity index (χ0v) is 46.7. The number of carbonyl (C=O) groups is 3. The van der Waals surface area contributed by atoms with Crippen LogP contribution in [0.2, 0.25) is 0 Å². The van der Waals surface area contributed by atoms with Gasteiger partial charge in [-0.25, -0.2) is 0 Å². The minimum atomic E-state index is -4.06. The zero-order chi connectivity index (χ0) is 54.0. The van der Waals surface area contributed by atoms with Gasteiger partial charge in [0, 0.05) is 42.9 Å². The molecule has 3 heterocycles. The van der Waals surface area contributed by atoms with Crippen molar-refractivity contribution in [2.24, 2.45) is 5.41 Å². The lowest BCUT2D eigenvalue weighted by Gasteiger charge is -2.49. The summed E-state index contributed by atoms with van der Waals surface area (Å²) in [5, 5.41) is 9.38. The van der Waals surface area contributed by atoms with Crippen molar-refractivity contribution < 1.29 is 31.8 Å². The molecule has 0 bridgehead atoms. The molecular formula is C63H97F3N6O3. The predicted octanol–water partition coefficient (Wildman–Crippen LogP) is 13.5. The van der Waals surface area contributed by atoms with Crippen LogP contribution in [0.3, 0.4) is 0 Å². The summed E-state index contributed by atoms with van der Waals surface area (Å²) in [5.74, 6) is 0.135. The van der Waals surface area contributed by atoms with Gasteiger partial charge in [-0.05, 0) is 205 Å². The normalized spacial score (nSPS) is 23.3. The summed E-state index contributed by atoms with van der Waals surface area (Å²) in [6, 6.07) is 27.0. The third kappa shape index (κ3) is 15.2. The molecule has 3 aliphatic heterocycles. The highest BCUT2D eigenvalue weighted by Crippen LogP contribution is 2.52. The SMILES string of the molecule is C=CCCCN1CCC2(CC1)C[C@H](NC(C)=O)c1ccccc12.CC(=O)N[C@H]1CCC2(CCN(C(C)CC(C)(C)C)CC2)c2ccccc21.CC(=O)N[C@H]1CCC2(CCN(CCCC(F)(F)F)CC2)c2ccccc21.[HH].[HH].[HH]. The van der Waals surface area contributed by atoms with Crippen LogP contribution in [0.5, 0.6) is 0 Å². The van der Waals surface area contributed by atoms with Crippen LogP contribution in [-0.4, -0.2) is 97.0 Å². The van der Waals surface area contributed by atoms with Crippen LogP contribution in [0, 0.1) is 5.41 Å². The summed E-state index contributed by atoms with van der Waals surface area (Å²) in [7, 11) is 0. The first kappa shape index (κ1) is 58.2. The summed E-state index contributed by atoms with van der Waals surface area (Å²) in [6.45, 7) is 26.1. The Kier molecular flexibility index (Phi) is 19.6. The van der Waals surface area contributed by atoms with E-state index in [1.807, 2.05) is 18.2 Å². The number of amides is 3. The van der Waals surface area contributed by atoms with E-state index in [0.29, 0.717) is 23.4 Å². The molecule has 3 N–H and O–H groups in total. The average molecular weight is 1040 g/mol. The van der Waals surface area contributed by atoms with E-state index in [-0.39, 0.29) is 57.4 Å². The second kappa shape index (κ2) is 25.3. The van der Waals surface area contributed by atoms with Crippen molar-refractivity contribution in [2.75, 3.05) is 52.4 Å². The molecule has 0 aromatic heterocycles. The van der Waals surface area contributed by atoms with Gasteiger partial charge in [0.05, 0.1) is 18.1 Å². The Morgan fingerprint density at radius 2 is 1.00 bits per heavy atom. The zero-order valence-electron chi connectivity index (χ0n) is 46.7. The molecule has 6 aliphatic rings. The van der Waals surface area contributed by atoms with Crippen LogP contribution >= 0.6 is 0 Å². The van der Waals surface area contributed by atoms with E-state index in [0.717, 1.165) is 71.1 Å². The van der Waals surface area contributed by atoms with E-state index in [9.17, 15) is 27.6 Å². The third-order valence-electron chi connectivity index (χ3n) is 18.0. The highest BCUT2D eigenvalue weighted by molar-refractivity contribution is 5.74. The average Bonchev–Trinajstić information content (AvgIpc) is 3.65. The molecule has 0 radical (unpaired) electrons. The Bertz CT molecular complexity index is 2390.